The van der Waals surface area contributed by atoms with Gasteiger partial charge in [0.2, 0.25) is 0 Å². The molecule has 0 fully saturated rings. The maximum absolute atomic E-state index is 12.5. The Balaban J connectivity index is 1.59. The summed E-state index contributed by atoms with van der Waals surface area (Å²) in [6.45, 7) is 1.96. The molecule has 1 heterocycles. The Morgan fingerprint density at radius 3 is 2.56 bits per heavy atom. The van der Waals surface area contributed by atoms with E-state index in [1.54, 1.807) is 29.5 Å². The van der Waals surface area contributed by atoms with E-state index in [9.17, 15) is 4.79 Å². The number of anilines is 1. The summed E-state index contributed by atoms with van der Waals surface area (Å²) in [5, 5.41) is 4.66. The van der Waals surface area contributed by atoms with Gasteiger partial charge in [0.25, 0.3) is 5.91 Å². The second-order valence-corrected chi connectivity index (χ2v) is 7.94. The number of carbonyl (C=O) groups is 1. The van der Waals surface area contributed by atoms with E-state index in [2.05, 4.69) is 16.4 Å². The summed E-state index contributed by atoms with van der Waals surface area (Å²) in [6.07, 6.45) is 0. The molecular formula is C21H14Cl2N2OS. The smallest absolute Gasteiger partial charge is 0.255 e. The molecule has 0 saturated heterocycles. The Hall–Kier alpha value is -2.40. The molecule has 0 aliphatic heterocycles. The van der Waals surface area contributed by atoms with Crippen LogP contribution in [0.4, 0.5) is 5.69 Å². The molecular weight excluding hydrogens is 399 g/mol. The molecule has 6 heteroatoms. The Labute approximate surface area is 170 Å². The highest BCUT2D eigenvalue weighted by Crippen LogP contribution is 2.32. The number of fused-ring (bicyclic) bond motifs is 1. The first-order chi connectivity index (χ1) is 13.0. The number of hydrogen-bond donors (Lipinski definition) is 1. The number of aryl methyl sites for hydroxylation is 1. The molecule has 0 atom stereocenters. The zero-order valence-corrected chi connectivity index (χ0v) is 16.6. The zero-order valence-electron chi connectivity index (χ0n) is 14.3. The number of para-hydroxylation sites is 1. The largest absolute Gasteiger partial charge is 0.322 e. The molecule has 3 nitrogen and oxygen atoms in total. The van der Waals surface area contributed by atoms with Crippen LogP contribution in [0.3, 0.4) is 0 Å². The van der Waals surface area contributed by atoms with E-state index in [-0.39, 0.29) is 5.91 Å². The van der Waals surface area contributed by atoms with Crippen LogP contribution in [-0.2, 0) is 0 Å². The molecule has 0 bridgehead atoms. The number of amides is 1. The molecule has 1 aromatic heterocycles. The van der Waals surface area contributed by atoms with Crippen molar-refractivity contribution in [2.45, 2.75) is 6.92 Å². The topological polar surface area (TPSA) is 42.0 Å². The maximum Gasteiger partial charge on any atom is 0.255 e. The number of aromatic nitrogens is 1. The number of carbonyl (C=O) groups excluding carboxylic acids is 1. The third-order valence-corrected chi connectivity index (χ3v) is 6.02. The molecule has 0 unspecified atom stereocenters. The number of halogens is 2. The van der Waals surface area contributed by atoms with E-state index in [0.717, 1.165) is 32.0 Å². The highest BCUT2D eigenvalue weighted by Gasteiger charge is 2.12. The van der Waals surface area contributed by atoms with Crippen LogP contribution < -0.4 is 5.32 Å². The lowest BCUT2D eigenvalue weighted by Gasteiger charge is -2.10. The number of nitrogens with one attached hydrogen (secondary N) is 1. The number of rotatable bonds is 3. The third-order valence-electron chi connectivity index (χ3n) is 4.20. The van der Waals surface area contributed by atoms with Gasteiger partial charge in [0.15, 0.2) is 0 Å². The van der Waals surface area contributed by atoms with E-state index in [4.69, 9.17) is 23.2 Å². The molecule has 0 radical (unpaired) electrons. The van der Waals surface area contributed by atoms with Crippen LogP contribution >= 0.6 is 34.5 Å². The lowest BCUT2D eigenvalue weighted by atomic mass is 10.1. The van der Waals surface area contributed by atoms with Gasteiger partial charge in [-0.15, -0.1) is 11.3 Å². The minimum Gasteiger partial charge on any atom is -0.322 e. The van der Waals surface area contributed by atoms with Gasteiger partial charge in [0.05, 0.1) is 20.3 Å². The van der Waals surface area contributed by atoms with Crippen LogP contribution in [0.5, 0.6) is 0 Å². The van der Waals surface area contributed by atoms with Crippen molar-refractivity contribution >= 4 is 56.3 Å². The summed E-state index contributed by atoms with van der Waals surface area (Å²) in [5.74, 6) is -0.232. The molecule has 4 aromatic rings. The molecule has 27 heavy (non-hydrogen) atoms. The molecule has 0 saturated carbocycles. The van der Waals surface area contributed by atoms with Gasteiger partial charge >= 0.3 is 0 Å². The molecule has 4 rings (SSSR count). The van der Waals surface area contributed by atoms with Crippen LogP contribution in [0.2, 0.25) is 10.0 Å². The van der Waals surface area contributed by atoms with Crippen molar-refractivity contribution in [3.63, 3.8) is 0 Å². The fourth-order valence-electron chi connectivity index (χ4n) is 2.76. The quantitative estimate of drug-likeness (QED) is 0.400. The number of benzene rings is 3. The van der Waals surface area contributed by atoms with Crippen molar-refractivity contribution in [2.75, 3.05) is 5.32 Å². The minimum atomic E-state index is -0.232. The Kier molecular flexibility index (Phi) is 4.87. The summed E-state index contributed by atoms with van der Waals surface area (Å²) in [6, 6.07) is 18.8. The van der Waals surface area contributed by atoms with E-state index >= 15 is 0 Å². The second-order valence-electron chi connectivity index (χ2n) is 6.10. The van der Waals surface area contributed by atoms with E-state index in [1.165, 1.54) is 0 Å². The average Bonchev–Trinajstić information content (AvgIpc) is 3.09. The first kappa shape index (κ1) is 18.0. The lowest BCUT2D eigenvalue weighted by molar-refractivity contribution is 0.102. The fourth-order valence-corrected chi connectivity index (χ4v) is 4.02. The van der Waals surface area contributed by atoms with E-state index < -0.39 is 0 Å². The van der Waals surface area contributed by atoms with Crippen molar-refractivity contribution in [3.8, 4) is 10.6 Å². The standard InChI is InChI=1S/C21H14Cl2N2OS/c1-12-10-14(21-25-18-4-2-3-5-19(18)27-21)7-9-17(12)24-20(26)13-6-8-15(22)16(23)11-13/h2-11H,1H3,(H,24,26). The van der Waals surface area contributed by atoms with Gasteiger partial charge in [0.1, 0.15) is 5.01 Å². The predicted octanol–water partition coefficient (Wildman–Crippen LogP) is 6.83. The van der Waals surface area contributed by atoms with Crippen molar-refractivity contribution in [2.24, 2.45) is 0 Å². The second kappa shape index (κ2) is 7.31. The zero-order chi connectivity index (χ0) is 19.0. The van der Waals surface area contributed by atoms with Crippen LogP contribution in [0, 0.1) is 6.92 Å². The molecule has 0 aliphatic carbocycles. The van der Waals surface area contributed by atoms with Crippen LogP contribution in [-0.4, -0.2) is 10.9 Å². The van der Waals surface area contributed by atoms with Crippen molar-refractivity contribution in [3.05, 3.63) is 81.8 Å². The van der Waals surface area contributed by atoms with E-state index in [0.29, 0.717) is 15.6 Å². The van der Waals surface area contributed by atoms with Crippen molar-refractivity contribution < 1.29 is 4.79 Å². The van der Waals surface area contributed by atoms with Gasteiger partial charge in [-0.25, -0.2) is 4.98 Å². The molecule has 0 aliphatic rings. The van der Waals surface area contributed by atoms with Crippen molar-refractivity contribution in [1.29, 1.82) is 0 Å². The Morgan fingerprint density at radius 1 is 1.00 bits per heavy atom. The van der Waals surface area contributed by atoms with Crippen LogP contribution in [0.15, 0.2) is 60.7 Å². The van der Waals surface area contributed by atoms with Gasteiger partial charge in [-0.05, 0) is 61.0 Å². The van der Waals surface area contributed by atoms with Gasteiger partial charge in [0, 0.05) is 16.8 Å². The van der Waals surface area contributed by atoms with Gasteiger partial charge < -0.3 is 5.32 Å². The average molecular weight is 413 g/mol. The third kappa shape index (κ3) is 3.69. The molecule has 134 valence electrons. The molecule has 1 N–H and O–H groups in total. The minimum absolute atomic E-state index is 0.232. The monoisotopic (exact) mass is 412 g/mol. The molecule has 1 amide bonds. The number of hydrogen-bond acceptors (Lipinski definition) is 3. The SMILES string of the molecule is Cc1cc(-c2nc3ccccc3s2)ccc1NC(=O)c1ccc(Cl)c(Cl)c1. The summed E-state index contributed by atoms with van der Waals surface area (Å²) in [5.41, 5.74) is 4.18. The summed E-state index contributed by atoms with van der Waals surface area (Å²) in [7, 11) is 0. The summed E-state index contributed by atoms with van der Waals surface area (Å²) < 4.78 is 1.15. The fraction of sp³-hybridized carbons (Fsp3) is 0.0476. The Morgan fingerprint density at radius 2 is 1.81 bits per heavy atom. The van der Waals surface area contributed by atoms with Gasteiger partial charge in [-0.2, -0.15) is 0 Å². The summed E-state index contributed by atoms with van der Waals surface area (Å²) >= 11 is 13.6. The van der Waals surface area contributed by atoms with Gasteiger partial charge in [-0.3, -0.25) is 4.79 Å². The molecule has 3 aromatic carbocycles. The van der Waals surface area contributed by atoms with Gasteiger partial charge in [-0.1, -0.05) is 35.3 Å². The molecule has 0 spiro atoms. The lowest BCUT2D eigenvalue weighted by Crippen LogP contribution is -2.12. The highest BCUT2D eigenvalue weighted by atomic mass is 35.5. The highest BCUT2D eigenvalue weighted by molar-refractivity contribution is 7.21. The van der Waals surface area contributed by atoms with E-state index in [1.807, 2.05) is 43.3 Å². The predicted molar refractivity (Wildman–Crippen MR) is 114 cm³/mol. The summed E-state index contributed by atoms with van der Waals surface area (Å²) in [4.78, 5) is 17.2. The first-order valence-corrected chi connectivity index (χ1v) is 9.81. The van der Waals surface area contributed by atoms with Crippen molar-refractivity contribution in [1.82, 2.24) is 4.98 Å². The Bertz CT molecular complexity index is 1140. The normalized spacial score (nSPS) is 10.9. The number of nitrogens with zero attached hydrogens (tertiary/aromatic N) is 1. The van der Waals surface area contributed by atoms with Crippen LogP contribution in [0.1, 0.15) is 15.9 Å². The van der Waals surface area contributed by atoms with Crippen LogP contribution in [0.25, 0.3) is 20.8 Å². The first-order valence-electron chi connectivity index (χ1n) is 8.24. The number of thiazole rings is 1. The maximum atomic E-state index is 12.5.